The number of carboxylic acids is 1. The molecule has 0 saturated carbocycles. The van der Waals surface area contributed by atoms with Gasteiger partial charge in [0, 0.05) is 0 Å². The number of hydrogen-bond donors (Lipinski definition) is 1. The van der Waals surface area contributed by atoms with Gasteiger partial charge in [-0.05, 0) is 29.7 Å². The second-order valence-corrected chi connectivity index (χ2v) is 6.39. The Morgan fingerprint density at radius 3 is 2.53 bits per heavy atom. The van der Waals surface area contributed by atoms with Gasteiger partial charge in [-0.2, -0.15) is 0 Å². The third-order valence-electron chi connectivity index (χ3n) is 2.85. The van der Waals surface area contributed by atoms with Crippen molar-refractivity contribution in [1.29, 1.82) is 0 Å². The van der Waals surface area contributed by atoms with Gasteiger partial charge in [0.1, 0.15) is 0 Å². The second kappa shape index (κ2) is 6.52. The maximum Gasteiger partial charge on any atom is 0.307 e. The van der Waals surface area contributed by atoms with Crippen LogP contribution >= 0.6 is 0 Å². The van der Waals surface area contributed by atoms with Crippen LogP contribution in [-0.4, -0.2) is 25.2 Å². The quantitative estimate of drug-likeness (QED) is 0.870. The Kier molecular flexibility index (Phi) is 5.30. The van der Waals surface area contributed by atoms with Crippen molar-refractivity contribution < 1.29 is 18.3 Å². The van der Waals surface area contributed by atoms with Gasteiger partial charge in [-0.25, -0.2) is 8.42 Å². The molecular formula is C14H18O4S. The molecule has 104 valence electrons. The van der Waals surface area contributed by atoms with E-state index in [0.717, 1.165) is 11.1 Å². The van der Waals surface area contributed by atoms with Crippen LogP contribution in [-0.2, 0) is 14.6 Å². The first-order valence-corrected chi connectivity index (χ1v) is 7.80. The van der Waals surface area contributed by atoms with E-state index in [9.17, 15) is 13.2 Å². The van der Waals surface area contributed by atoms with E-state index in [1.54, 1.807) is 37.3 Å². The maximum atomic E-state index is 11.8. The summed E-state index contributed by atoms with van der Waals surface area (Å²) in [6.07, 6.45) is 2.22. The van der Waals surface area contributed by atoms with Crippen LogP contribution in [0.4, 0.5) is 0 Å². The molecule has 5 heteroatoms. The predicted octanol–water partition coefficient (Wildman–Crippen LogP) is 2.75. The van der Waals surface area contributed by atoms with Crippen molar-refractivity contribution in [2.45, 2.75) is 31.6 Å². The zero-order chi connectivity index (χ0) is 14.5. The smallest absolute Gasteiger partial charge is 0.307 e. The van der Waals surface area contributed by atoms with Crippen molar-refractivity contribution in [2.24, 2.45) is 0 Å². The number of allylic oxidation sites excluding steroid dienone is 1. The van der Waals surface area contributed by atoms with Crippen LogP contribution < -0.4 is 0 Å². The van der Waals surface area contributed by atoms with Gasteiger partial charge in [0.2, 0.25) is 0 Å². The fourth-order valence-electron chi connectivity index (χ4n) is 1.73. The van der Waals surface area contributed by atoms with Gasteiger partial charge in [-0.15, -0.1) is 0 Å². The minimum Gasteiger partial charge on any atom is -0.481 e. The van der Waals surface area contributed by atoms with E-state index in [0.29, 0.717) is 6.42 Å². The van der Waals surface area contributed by atoms with Crippen LogP contribution in [0.15, 0.2) is 35.2 Å². The van der Waals surface area contributed by atoms with Crippen molar-refractivity contribution >= 4 is 21.4 Å². The Bertz CT molecular complexity index is 585. The molecule has 0 spiro atoms. The second-order valence-electron chi connectivity index (χ2n) is 4.11. The van der Waals surface area contributed by atoms with E-state index in [-0.39, 0.29) is 17.1 Å². The Hall–Kier alpha value is -1.62. The van der Waals surface area contributed by atoms with Gasteiger partial charge in [-0.3, -0.25) is 4.79 Å². The summed E-state index contributed by atoms with van der Waals surface area (Å²) < 4.78 is 23.6. The highest BCUT2D eigenvalue weighted by Gasteiger charge is 2.12. The first kappa shape index (κ1) is 15.4. The first-order chi connectivity index (χ1) is 8.90. The highest BCUT2D eigenvalue weighted by Crippen LogP contribution is 2.22. The number of hydrogen-bond acceptors (Lipinski definition) is 3. The first-order valence-electron chi connectivity index (χ1n) is 6.14. The Morgan fingerprint density at radius 2 is 2.00 bits per heavy atom. The molecular weight excluding hydrogens is 264 g/mol. The molecule has 0 aliphatic heterocycles. The van der Waals surface area contributed by atoms with E-state index in [1.165, 1.54) is 0 Å². The summed E-state index contributed by atoms with van der Waals surface area (Å²) in [5.74, 6) is -0.847. The van der Waals surface area contributed by atoms with Crippen LogP contribution in [0.3, 0.4) is 0 Å². The number of benzene rings is 1. The molecule has 0 heterocycles. The summed E-state index contributed by atoms with van der Waals surface area (Å²) in [5.41, 5.74) is 1.61. The molecule has 0 fully saturated rings. The average molecular weight is 282 g/mol. The predicted molar refractivity (Wildman–Crippen MR) is 74.7 cm³/mol. The summed E-state index contributed by atoms with van der Waals surface area (Å²) in [5, 5.41) is 8.69. The molecule has 0 unspecified atom stereocenters. The number of carbonyl (C=O) groups is 1. The third-order valence-corrected chi connectivity index (χ3v) is 4.58. The standard InChI is InChI=1S/C14H18O4S/c1-3-11(8-9-14(15)16)12-6-5-7-13(10-12)19(17,18)4-2/h5-8,10H,3-4,9H2,1-2H3,(H,15,16)/b11-8+. The lowest BCUT2D eigenvalue weighted by molar-refractivity contribution is -0.135. The van der Waals surface area contributed by atoms with E-state index >= 15 is 0 Å². The van der Waals surface area contributed by atoms with Crippen molar-refractivity contribution in [3.05, 3.63) is 35.9 Å². The highest BCUT2D eigenvalue weighted by atomic mass is 32.2. The summed E-state index contributed by atoms with van der Waals surface area (Å²) in [6, 6.07) is 6.65. The van der Waals surface area contributed by atoms with Crippen molar-refractivity contribution in [3.63, 3.8) is 0 Å². The minimum atomic E-state index is -3.24. The van der Waals surface area contributed by atoms with E-state index in [2.05, 4.69) is 0 Å². The van der Waals surface area contributed by atoms with Crippen LogP contribution in [0.5, 0.6) is 0 Å². The highest BCUT2D eigenvalue weighted by molar-refractivity contribution is 7.91. The summed E-state index contributed by atoms with van der Waals surface area (Å²) in [6.45, 7) is 3.51. The molecule has 19 heavy (non-hydrogen) atoms. The zero-order valence-electron chi connectivity index (χ0n) is 11.1. The Balaban J connectivity index is 3.17. The SMILES string of the molecule is CC/C(=C\CC(=O)O)c1cccc(S(=O)(=O)CC)c1. The molecule has 0 radical (unpaired) electrons. The summed E-state index contributed by atoms with van der Waals surface area (Å²) in [4.78, 5) is 10.9. The number of aliphatic carboxylic acids is 1. The fraction of sp³-hybridized carbons (Fsp3) is 0.357. The summed E-state index contributed by atoms with van der Waals surface area (Å²) in [7, 11) is -3.24. The molecule has 0 aromatic heterocycles. The Morgan fingerprint density at radius 1 is 1.32 bits per heavy atom. The van der Waals surface area contributed by atoms with Gasteiger partial charge in [0.15, 0.2) is 9.84 Å². The van der Waals surface area contributed by atoms with Crippen molar-refractivity contribution in [3.8, 4) is 0 Å². The molecule has 0 atom stereocenters. The molecule has 4 nitrogen and oxygen atoms in total. The van der Waals surface area contributed by atoms with Gasteiger partial charge in [0.05, 0.1) is 17.1 Å². The van der Waals surface area contributed by atoms with E-state index < -0.39 is 15.8 Å². The molecule has 0 bridgehead atoms. The molecule has 0 saturated heterocycles. The lowest BCUT2D eigenvalue weighted by atomic mass is 10.0. The van der Waals surface area contributed by atoms with Crippen LogP contribution in [0.1, 0.15) is 32.3 Å². The van der Waals surface area contributed by atoms with Crippen LogP contribution in [0, 0.1) is 0 Å². The van der Waals surface area contributed by atoms with Gasteiger partial charge < -0.3 is 5.11 Å². The number of rotatable bonds is 6. The summed E-state index contributed by atoms with van der Waals surface area (Å²) >= 11 is 0. The van der Waals surface area contributed by atoms with Crippen molar-refractivity contribution in [1.82, 2.24) is 0 Å². The monoisotopic (exact) mass is 282 g/mol. The molecule has 0 aliphatic rings. The van der Waals surface area contributed by atoms with Crippen LogP contribution in [0.2, 0.25) is 0 Å². The van der Waals surface area contributed by atoms with Gasteiger partial charge >= 0.3 is 5.97 Å². The average Bonchev–Trinajstić information content (AvgIpc) is 2.39. The lowest BCUT2D eigenvalue weighted by Gasteiger charge is -2.08. The normalized spacial score (nSPS) is 12.4. The minimum absolute atomic E-state index is 0.0523. The van der Waals surface area contributed by atoms with Gasteiger partial charge in [0.25, 0.3) is 0 Å². The van der Waals surface area contributed by atoms with Crippen molar-refractivity contribution in [2.75, 3.05) is 5.75 Å². The van der Waals surface area contributed by atoms with E-state index in [4.69, 9.17) is 5.11 Å². The third kappa shape index (κ3) is 4.21. The zero-order valence-corrected chi connectivity index (χ0v) is 11.9. The van der Waals surface area contributed by atoms with Gasteiger partial charge in [-0.1, -0.05) is 32.1 Å². The lowest BCUT2D eigenvalue weighted by Crippen LogP contribution is -2.04. The van der Waals surface area contributed by atoms with Crippen LogP contribution in [0.25, 0.3) is 5.57 Å². The number of sulfone groups is 1. The van der Waals surface area contributed by atoms with E-state index in [1.807, 2.05) is 6.92 Å². The fourth-order valence-corrected chi connectivity index (χ4v) is 2.66. The number of carboxylic acid groups (broad SMARTS) is 1. The molecule has 1 aromatic rings. The molecule has 1 rings (SSSR count). The topological polar surface area (TPSA) is 71.4 Å². The largest absolute Gasteiger partial charge is 0.481 e. The molecule has 1 N–H and O–H groups in total. The maximum absolute atomic E-state index is 11.8. The molecule has 1 aromatic carbocycles. The molecule has 0 aliphatic carbocycles. The molecule has 0 amide bonds. The Labute approximate surface area is 113 Å².